The van der Waals surface area contributed by atoms with Crippen LogP contribution in [0.15, 0.2) is 64.8 Å². The van der Waals surface area contributed by atoms with E-state index in [1.807, 2.05) is 30.3 Å². The van der Waals surface area contributed by atoms with Crippen molar-refractivity contribution in [3.63, 3.8) is 0 Å². The molecule has 0 amide bonds. The van der Waals surface area contributed by atoms with Gasteiger partial charge in [-0.3, -0.25) is 4.57 Å². The van der Waals surface area contributed by atoms with Gasteiger partial charge in [0.15, 0.2) is 0 Å². The molecule has 3 rings (SSSR count). The highest BCUT2D eigenvalue weighted by Gasteiger charge is 2.16. The summed E-state index contributed by atoms with van der Waals surface area (Å²) in [5.41, 5.74) is 0.995. The van der Waals surface area contributed by atoms with Crippen LogP contribution in [0.4, 0.5) is 11.5 Å². The van der Waals surface area contributed by atoms with Gasteiger partial charge < -0.3 is 10.2 Å². The van der Waals surface area contributed by atoms with Crippen LogP contribution in [-0.4, -0.2) is 25.7 Å². The fourth-order valence-corrected chi connectivity index (χ4v) is 2.33. The van der Waals surface area contributed by atoms with Crippen LogP contribution in [0.2, 0.25) is 0 Å². The number of imidazole rings is 1. The third-order valence-electron chi connectivity index (χ3n) is 3.40. The van der Waals surface area contributed by atoms with E-state index < -0.39 is 5.97 Å². The highest BCUT2D eigenvalue weighted by Crippen LogP contribution is 2.32. The van der Waals surface area contributed by atoms with Gasteiger partial charge in [-0.05, 0) is 31.2 Å². The van der Waals surface area contributed by atoms with E-state index >= 15 is 0 Å². The molecule has 1 heterocycles. The van der Waals surface area contributed by atoms with E-state index in [4.69, 9.17) is 0 Å². The minimum absolute atomic E-state index is 0.0308. The lowest BCUT2D eigenvalue weighted by Crippen LogP contribution is -1.96. The second-order valence-corrected chi connectivity index (χ2v) is 5.00. The molecule has 0 radical (unpaired) electrons. The molecule has 0 spiro atoms. The van der Waals surface area contributed by atoms with Crippen molar-refractivity contribution in [1.82, 2.24) is 9.55 Å². The van der Waals surface area contributed by atoms with Gasteiger partial charge in [-0.1, -0.05) is 30.3 Å². The van der Waals surface area contributed by atoms with Crippen molar-refractivity contribution in [2.45, 2.75) is 6.92 Å². The first-order valence-corrected chi connectivity index (χ1v) is 7.15. The van der Waals surface area contributed by atoms with Crippen LogP contribution in [0.3, 0.4) is 0 Å². The van der Waals surface area contributed by atoms with Crippen LogP contribution in [-0.2, 0) is 0 Å². The minimum Gasteiger partial charge on any atom is -0.491 e. The van der Waals surface area contributed by atoms with Gasteiger partial charge in [-0.25, -0.2) is 4.79 Å². The molecule has 0 saturated heterocycles. The van der Waals surface area contributed by atoms with E-state index in [2.05, 4.69) is 15.2 Å². The average molecular weight is 322 g/mol. The molecule has 120 valence electrons. The first-order valence-electron chi connectivity index (χ1n) is 7.15. The normalized spacial score (nSPS) is 11.0. The summed E-state index contributed by atoms with van der Waals surface area (Å²) in [5, 5.41) is 27.2. The van der Waals surface area contributed by atoms with E-state index in [0.717, 1.165) is 5.69 Å². The van der Waals surface area contributed by atoms with Crippen molar-refractivity contribution in [3.05, 3.63) is 66.0 Å². The SMILES string of the molecule is Cc1nc(O)c(N=Nc2ccccc2C(=O)O)n1-c1ccccc1. The Hall–Kier alpha value is -3.48. The summed E-state index contributed by atoms with van der Waals surface area (Å²) >= 11 is 0. The lowest BCUT2D eigenvalue weighted by Gasteiger charge is -2.06. The number of rotatable bonds is 4. The Morgan fingerprint density at radius 1 is 1.04 bits per heavy atom. The van der Waals surface area contributed by atoms with Crippen molar-refractivity contribution in [3.8, 4) is 11.6 Å². The quantitative estimate of drug-likeness (QED) is 0.709. The molecule has 0 aliphatic heterocycles. The van der Waals surface area contributed by atoms with Gasteiger partial charge in [0.25, 0.3) is 5.88 Å². The van der Waals surface area contributed by atoms with Gasteiger partial charge >= 0.3 is 5.97 Å². The van der Waals surface area contributed by atoms with Crippen LogP contribution >= 0.6 is 0 Å². The zero-order valence-electron chi connectivity index (χ0n) is 12.8. The summed E-state index contributed by atoms with van der Waals surface area (Å²) in [6.07, 6.45) is 0. The molecule has 2 N–H and O–H groups in total. The molecule has 1 aromatic heterocycles. The van der Waals surface area contributed by atoms with Gasteiger partial charge in [0, 0.05) is 5.69 Å². The van der Waals surface area contributed by atoms with Crippen molar-refractivity contribution >= 4 is 17.5 Å². The minimum atomic E-state index is -1.10. The summed E-state index contributed by atoms with van der Waals surface area (Å²) in [5.74, 6) is -0.688. The molecule has 0 aliphatic rings. The number of hydrogen-bond acceptors (Lipinski definition) is 5. The number of aryl methyl sites for hydroxylation is 1. The summed E-state index contributed by atoms with van der Waals surface area (Å²) in [4.78, 5) is 15.2. The second-order valence-electron chi connectivity index (χ2n) is 5.00. The first-order chi connectivity index (χ1) is 11.6. The van der Waals surface area contributed by atoms with Crippen molar-refractivity contribution in [2.24, 2.45) is 10.2 Å². The zero-order chi connectivity index (χ0) is 17.1. The number of aromatic nitrogens is 2. The van der Waals surface area contributed by atoms with E-state index in [0.29, 0.717) is 5.82 Å². The molecule has 2 aromatic carbocycles. The van der Waals surface area contributed by atoms with Gasteiger partial charge in [0.2, 0.25) is 5.82 Å². The molecule has 0 bridgehead atoms. The third-order valence-corrected chi connectivity index (χ3v) is 3.40. The molecule has 0 unspecified atom stereocenters. The number of nitrogens with zero attached hydrogens (tertiary/aromatic N) is 4. The predicted molar refractivity (Wildman–Crippen MR) is 87.5 cm³/mol. The molecular formula is C17H14N4O3. The van der Waals surface area contributed by atoms with E-state index in [1.54, 1.807) is 29.7 Å². The number of carboxylic acids is 1. The number of azo groups is 1. The Bertz CT molecular complexity index is 917. The molecule has 0 saturated carbocycles. The number of para-hydroxylation sites is 1. The van der Waals surface area contributed by atoms with Crippen LogP contribution in [0.5, 0.6) is 5.88 Å². The largest absolute Gasteiger partial charge is 0.491 e. The fraction of sp³-hybridized carbons (Fsp3) is 0.0588. The van der Waals surface area contributed by atoms with Crippen molar-refractivity contribution < 1.29 is 15.0 Å². The number of carboxylic acid groups (broad SMARTS) is 1. The average Bonchev–Trinajstić information content (AvgIpc) is 2.87. The number of hydrogen-bond donors (Lipinski definition) is 2. The van der Waals surface area contributed by atoms with Crippen LogP contribution in [0.25, 0.3) is 5.69 Å². The lowest BCUT2D eigenvalue weighted by atomic mass is 10.2. The van der Waals surface area contributed by atoms with Crippen LogP contribution in [0.1, 0.15) is 16.2 Å². The predicted octanol–water partition coefficient (Wildman–Crippen LogP) is 4.00. The molecule has 3 aromatic rings. The maximum atomic E-state index is 11.2. The Kier molecular flexibility index (Phi) is 4.07. The van der Waals surface area contributed by atoms with Crippen molar-refractivity contribution in [1.29, 1.82) is 0 Å². The number of aromatic hydroxyl groups is 1. The summed E-state index contributed by atoms with van der Waals surface area (Å²) in [6, 6.07) is 15.5. The highest BCUT2D eigenvalue weighted by atomic mass is 16.4. The van der Waals surface area contributed by atoms with Gasteiger partial charge in [-0.2, -0.15) is 4.98 Å². The Morgan fingerprint density at radius 3 is 2.42 bits per heavy atom. The van der Waals surface area contributed by atoms with Gasteiger partial charge in [-0.15, -0.1) is 10.2 Å². The molecule has 7 nitrogen and oxygen atoms in total. The summed E-state index contributed by atoms with van der Waals surface area (Å²) in [6.45, 7) is 1.73. The molecule has 0 aliphatic carbocycles. The smallest absolute Gasteiger partial charge is 0.337 e. The van der Waals surface area contributed by atoms with E-state index in [9.17, 15) is 15.0 Å². The lowest BCUT2D eigenvalue weighted by molar-refractivity contribution is 0.0697. The molecule has 24 heavy (non-hydrogen) atoms. The van der Waals surface area contributed by atoms with E-state index in [1.165, 1.54) is 6.07 Å². The topological polar surface area (TPSA) is 100 Å². The molecule has 7 heteroatoms. The third kappa shape index (κ3) is 2.87. The maximum absolute atomic E-state index is 11.2. The maximum Gasteiger partial charge on any atom is 0.337 e. The first kappa shape index (κ1) is 15.4. The van der Waals surface area contributed by atoms with E-state index in [-0.39, 0.29) is 22.9 Å². The summed E-state index contributed by atoms with van der Waals surface area (Å²) < 4.78 is 1.64. The Labute approximate surface area is 137 Å². The molecular weight excluding hydrogens is 308 g/mol. The monoisotopic (exact) mass is 322 g/mol. The van der Waals surface area contributed by atoms with Crippen LogP contribution in [0, 0.1) is 6.92 Å². The highest BCUT2D eigenvalue weighted by molar-refractivity contribution is 5.93. The Morgan fingerprint density at radius 2 is 1.71 bits per heavy atom. The standard InChI is InChI=1S/C17H14N4O3/c1-11-18-16(22)15(21(11)12-7-3-2-4-8-12)20-19-14-10-6-5-9-13(14)17(23)24/h2-10,22H,1H3,(H,23,24). The number of aromatic carboxylic acids is 1. The van der Waals surface area contributed by atoms with Gasteiger partial charge in [0.1, 0.15) is 11.5 Å². The zero-order valence-corrected chi connectivity index (χ0v) is 12.8. The second kappa shape index (κ2) is 6.33. The number of benzene rings is 2. The fourth-order valence-electron chi connectivity index (χ4n) is 2.33. The van der Waals surface area contributed by atoms with Gasteiger partial charge in [0.05, 0.1) is 5.56 Å². The molecule has 0 atom stereocenters. The summed E-state index contributed by atoms with van der Waals surface area (Å²) in [7, 11) is 0. The van der Waals surface area contributed by atoms with Crippen LogP contribution < -0.4 is 0 Å². The van der Waals surface area contributed by atoms with Crippen molar-refractivity contribution in [2.75, 3.05) is 0 Å². The molecule has 0 fully saturated rings. The number of carbonyl (C=O) groups is 1. The Balaban J connectivity index is 2.07.